The van der Waals surface area contributed by atoms with E-state index in [1.54, 1.807) is 24.3 Å². The van der Waals surface area contributed by atoms with Crippen molar-refractivity contribution in [2.24, 2.45) is 11.3 Å². The van der Waals surface area contributed by atoms with Crippen molar-refractivity contribution in [3.05, 3.63) is 24.3 Å². The highest BCUT2D eigenvalue weighted by atomic mass is 16.3. The normalized spacial score (nSPS) is 24.8. The molecule has 1 spiro atoms. The lowest BCUT2D eigenvalue weighted by Gasteiger charge is -2.23. The number of benzene rings is 1. The van der Waals surface area contributed by atoms with Gasteiger partial charge in [-0.15, -0.1) is 0 Å². The van der Waals surface area contributed by atoms with Crippen LogP contribution in [0.15, 0.2) is 24.3 Å². The molecule has 1 saturated carbocycles. The molecule has 1 aliphatic heterocycles. The highest BCUT2D eigenvalue weighted by Crippen LogP contribution is 2.58. The summed E-state index contributed by atoms with van der Waals surface area (Å²) in [7, 11) is 0. The molecule has 3 N–H and O–H groups in total. The Morgan fingerprint density at radius 3 is 2.61 bits per heavy atom. The fourth-order valence-electron chi connectivity index (χ4n) is 2.97. The Hall–Kier alpha value is -1.55. The van der Waals surface area contributed by atoms with Crippen molar-refractivity contribution in [2.75, 3.05) is 18.4 Å². The van der Waals surface area contributed by atoms with E-state index in [4.69, 9.17) is 0 Å². The second kappa shape index (κ2) is 4.28. The van der Waals surface area contributed by atoms with Crippen LogP contribution in [0.3, 0.4) is 0 Å². The van der Waals surface area contributed by atoms with E-state index in [0.717, 1.165) is 38.0 Å². The van der Waals surface area contributed by atoms with Crippen LogP contribution in [0.25, 0.3) is 0 Å². The number of amides is 1. The molecular formula is C14H18N2O2. The average Bonchev–Trinajstić information content (AvgIpc) is 3.07. The largest absolute Gasteiger partial charge is 0.508 e. The van der Waals surface area contributed by atoms with Crippen molar-refractivity contribution in [3.8, 4) is 5.75 Å². The number of aromatic hydroxyl groups is 1. The first-order valence-corrected chi connectivity index (χ1v) is 6.50. The van der Waals surface area contributed by atoms with Gasteiger partial charge >= 0.3 is 0 Å². The third kappa shape index (κ3) is 2.08. The van der Waals surface area contributed by atoms with Gasteiger partial charge < -0.3 is 15.7 Å². The molecule has 1 heterocycles. The van der Waals surface area contributed by atoms with Crippen LogP contribution < -0.4 is 10.6 Å². The molecule has 1 aromatic carbocycles. The van der Waals surface area contributed by atoms with E-state index >= 15 is 0 Å². The van der Waals surface area contributed by atoms with Gasteiger partial charge in [-0.3, -0.25) is 4.79 Å². The van der Waals surface area contributed by atoms with E-state index < -0.39 is 0 Å². The molecule has 96 valence electrons. The number of nitrogens with one attached hydrogen (secondary N) is 2. The molecule has 4 nitrogen and oxygen atoms in total. The second-order valence-corrected chi connectivity index (χ2v) is 5.41. The molecule has 1 amide bonds. The number of carbonyl (C=O) groups excluding carboxylic acids is 1. The minimum atomic E-state index is 0.127. The first-order valence-electron chi connectivity index (χ1n) is 6.50. The molecule has 0 bridgehead atoms. The summed E-state index contributed by atoms with van der Waals surface area (Å²) >= 11 is 0. The summed E-state index contributed by atoms with van der Waals surface area (Å²) in [6.45, 7) is 2.06. The van der Waals surface area contributed by atoms with E-state index in [-0.39, 0.29) is 23.0 Å². The number of rotatable bonds is 2. The number of carbonyl (C=O) groups is 1. The van der Waals surface area contributed by atoms with Gasteiger partial charge in [0.25, 0.3) is 0 Å². The molecule has 1 unspecified atom stereocenters. The Labute approximate surface area is 106 Å². The molecule has 18 heavy (non-hydrogen) atoms. The lowest BCUT2D eigenvalue weighted by molar-refractivity contribution is -0.118. The first-order chi connectivity index (χ1) is 8.70. The highest BCUT2D eigenvalue weighted by molar-refractivity contribution is 5.95. The van der Waals surface area contributed by atoms with Crippen LogP contribution in [0.5, 0.6) is 5.75 Å². The van der Waals surface area contributed by atoms with E-state index in [2.05, 4.69) is 10.6 Å². The molecule has 0 radical (unpaired) electrons. The lowest BCUT2D eigenvalue weighted by atomic mass is 9.92. The van der Waals surface area contributed by atoms with Gasteiger partial charge in [-0.05, 0) is 62.0 Å². The Balaban J connectivity index is 1.61. The molecule has 4 heteroatoms. The summed E-state index contributed by atoms with van der Waals surface area (Å²) in [5.74, 6) is 0.519. The minimum absolute atomic E-state index is 0.127. The summed E-state index contributed by atoms with van der Waals surface area (Å²) in [6.07, 6.45) is 3.25. The molecule has 1 aliphatic carbocycles. The van der Waals surface area contributed by atoms with Gasteiger partial charge in [-0.2, -0.15) is 0 Å². The van der Waals surface area contributed by atoms with Gasteiger partial charge in [0.1, 0.15) is 5.75 Å². The average molecular weight is 246 g/mol. The Morgan fingerprint density at radius 2 is 1.94 bits per heavy atom. The van der Waals surface area contributed by atoms with Crippen molar-refractivity contribution in [1.29, 1.82) is 0 Å². The lowest BCUT2D eigenvalue weighted by Crippen LogP contribution is -2.31. The van der Waals surface area contributed by atoms with Crippen molar-refractivity contribution in [1.82, 2.24) is 5.32 Å². The number of phenols is 1. The van der Waals surface area contributed by atoms with Crippen LogP contribution in [0.4, 0.5) is 5.69 Å². The SMILES string of the molecule is O=C(Nc1ccc(O)cc1)C1CC12CCNCC2. The van der Waals surface area contributed by atoms with E-state index in [9.17, 15) is 9.90 Å². The zero-order chi connectivity index (χ0) is 12.6. The molecule has 1 saturated heterocycles. The van der Waals surface area contributed by atoms with Crippen LogP contribution in [0, 0.1) is 11.3 Å². The summed E-state index contributed by atoms with van der Waals surface area (Å²) in [5.41, 5.74) is 1.03. The fraction of sp³-hybridized carbons (Fsp3) is 0.500. The predicted octanol–water partition coefficient (Wildman–Crippen LogP) is 1.72. The molecular weight excluding hydrogens is 228 g/mol. The highest BCUT2D eigenvalue weighted by Gasteiger charge is 2.57. The van der Waals surface area contributed by atoms with Crippen molar-refractivity contribution < 1.29 is 9.90 Å². The number of piperidine rings is 1. The number of hydrogen-bond donors (Lipinski definition) is 3. The van der Waals surface area contributed by atoms with Crippen LogP contribution in [-0.2, 0) is 4.79 Å². The summed E-state index contributed by atoms with van der Waals surface area (Å²) in [6, 6.07) is 6.63. The van der Waals surface area contributed by atoms with Crippen molar-refractivity contribution in [2.45, 2.75) is 19.3 Å². The van der Waals surface area contributed by atoms with Gasteiger partial charge in [0, 0.05) is 11.6 Å². The Bertz CT molecular complexity index is 449. The quantitative estimate of drug-likeness (QED) is 0.696. The maximum absolute atomic E-state index is 12.1. The molecule has 0 aromatic heterocycles. The number of hydrogen-bond acceptors (Lipinski definition) is 3. The third-order valence-electron chi connectivity index (χ3n) is 4.24. The van der Waals surface area contributed by atoms with E-state index in [1.807, 2.05) is 0 Å². The number of anilines is 1. The first kappa shape index (κ1) is 11.5. The molecule has 1 aromatic rings. The number of phenolic OH excluding ortho intramolecular Hbond substituents is 1. The smallest absolute Gasteiger partial charge is 0.228 e. The molecule has 3 rings (SSSR count). The van der Waals surface area contributed by atoms with Gasteiger partial charge in [-0.25, -0.2) is 0 Å². The van der Waals surface area contributed by atoms with E-state index in [0.29, 0.717) is 0 Å². The van der Waals surface area contributed by atoms with Crippen molar-refractivity contribution >= 4 is 11.6 Å². The monoisotopic (exact) mass is 246 g/mol. The predicted molar refractivity (Wildman–Crippen MR) is 69.4 cm³/mol. The summed E-state index contributed by atoms with van der Waals surface area (Å²) < 4.78 is 0. The molecule has 2 aliphatic rings. The topological polar surface area (TPSA) is 61.4 Å². The van der Waals surface area contributed by atoms with Crippen LogP contribution in [0.1, 0.15) is 19.3 Å². The Kier molecular flexibility index (Phi) is 2.74. The zero-order valence-corrected chi connectivity index (χ0v) is 10.3. The second-order valence-electron chi connectivity index (χ2n) is 5.41. The third-order valence-corrected chi connectivity index (χ3v) is 4.24. The Morgan fingerprint density at radius 1 is 1.28 bits per heavy atom. The molecule has 1 atom stereocenters. The van der Waals surface area contributed by atoms with Gasteiger partial charge in [0.05, 0.1) is 0 Å². The maximum atomic E-state index is 12.1. The summed E-state index contributed by atoms with van der Waals surface area (Å²) in [4.78, 5) is 12.1. The standard InChI is InChI=1S/C14H18N2O2/c17-11-3-1-10(2-4-11)16-13(18)12-9-14(12)5-7-15-8-6-14/h1-4,12,15,17H,5-9H2,(H,16,18). The fourth-order valence-corrected chi connectivity index (χ4v) is 2.97. The van der Waals surface area contributed by atoms with Crippen LogP contribution in [0.2, 0.25) is 0 Å². The summed E-state index contributed by atoms with van der Waals surface area (Å²) in [5, 5.41) is 15.5. The van der Waals surface area contributed by atoms with Crippen molar-refractivity contribution in [3.63, 3.8) is 0 Å². The minimum Gasteiger partial charge on any atom is -0.508 e. The molecule has 2 fully saturated rings. The van der Waals surface area contributed by atoms with Gasteiger partial charge in [0.2, 0.25) is 5.91 Å². The van der Waals surface area contributed by atoms with Gasteiger partial charge in [-0.1, -0.05) is 0 Å². The zero-order valence-electron chi connectivity index (χ0n) is 10.3. The van der Waals surface area contributed by atoms with Crippen LogP contribution in [-0.4, -0.2) is 24.1 Å². The maximum Gasteiger partial charge on any atom is 0.228 e. The van der Waals surface area contributed by atoms with E-state index in [1.165, 1.54) is 0 Å². The van der Waals surface area contributed by atoms with Crippen LogP contribution >= 0.6 is 0 Å². The van der Waals surface area contributed by atoms with Gasteiger partial charge in [0.15, 0.2) is 0 Å².